The van der Waals surface area contributed by atoms with Crippen molar-refractivity contribution in [3.05, 3.63) is 66.7 Å². The average Bonchev–Trinajstić information content (AvgIpc) is 3.50. The number of nitrogens with one attached hydrogen (secondary N) is 2. The van der Waals surface area contributed by atoms with Gasteiger partial charge in [0.1, 0.15) is 5.82 Å². The minimum absolute atomic E-state index is 0.0671. The minimum Gasteiger partial charge on any atom is -0.396 e. The van der Waals surface area contributed by atoms with Gasteiger partial charge >= 0.3 is 6.03 Å². The molecule has 3 aromatic heterocycles. The predicted octanol–water partition coefficient (Wildman–Crippen LogP) is 3.76. The third-order valence-electron chi connectivity index (χ3n) is 6.12. The van der Waals surface area contributed by atoms with Crippen LogP contribution in [-0.4, -0.2) is 56.6 Å². The largest absolute Gasteiger partial charge is 0.396 e. The molecule has 4 aromatic rings. The Labute approximate surface area is 209 Å². The van der Waals surface area contributed by atoms with Crippen LogP contribution >= 0.6 is 0 Å². The van der Waals surface area contributed by atoms with Gasteiger partial charge in [-0.2, -0.15) is 5.10 Å². The molecule has 0 radical (unpaired) electrons. The fourth-order valence-corrected chi connectivity index (χ4v) is 3.88. The van der Waals surface area contributed by atoms with Crippen molar-refractivity contribution in [2.24, 2.45) is 12.5 Å². The van der Waals surface area contributed by atoms with E-state index in [1.54, 1.807) is 41.9 Å². The van der Waals surface area contributed by atoms with Crippen molar-refractivity contribution in [1.29, 1.82) is 0 Å². The first-order valence-corrected chi connectivity index (χ1v) is 11.7. The molecule has 3 heterocycles. The molecule has 188 valence electrons. The normalized spacial score (nSPS) is 11.5. The number of aromatic nitrogens is 4. The number of aliphatic hydroxyl groups excluding tert-OH is 1. The van der Waals surface area contributed by atoms with Crippen LogP contribution in [0.15, 0.2) is 61.2 Å². The number of amides is 2. The zero-order valence-electron chi connectivity index (χ0n) is 20.9. The first-order valence-electron chi connectivity index (χ1n) is 11.7. The Morgan fingerprint density at radius 2 is 1.92 bits per heavy atom. The van der Waals surface area contributed by atoms with Crippen molar-refractivity contribution < 1.29 is 14.7 Å². The van der Waals surface area contributed by atoms with E-state index >= 15 is 0 Å². The van der Waals surface area contributed by atoms with E-state index in [2.05, 4.69) is 25.6 Å². The molecule has 10 nitrogen and oxygen atoms in total. The zero-order chi connectivity index (χ0) is 25.9. The van der Waals surface area contributed by atoms with Gasteiger partial charge in [0.2, 0.25) is 0 Å². The fraction of sp³-hybridized carbons (Fsp3) is 0.308. The van der Waals surface area contributed by atoms with Crippen molar-refractivity contribution in [2.45, 2.75) is 20.3 Å². The van der Waals surface area contributed by atoms with Crippen LogP contribution < -0.4 is 15.5 Å². The Balaban J connectivity index is 1.67. The number of aliphatic hydroxyl groups is 1. The second-order valence-corrected chi connectivity index (χ2v) is 9.46. The van der Waals surface area contributed by atoms with E-state index in [4.69, 9.17) is 0 Å². The Hall–Kier alpha value is -4.18. The first kappa shape index (κ1) is 24.9. The summed E-state index contributed by atoms with van der Waals surface area (Å²) >= 11 is 0. The maximum absolute atomic E-state index is 12.6. The summed E-state index contributed by atoms with van der Waals surface area (Å²) in [5.41, 5.74) is 2.73. The van der Waals surface area contributed by atoms with Gasteiger partial charge in [0.05, 0.1) is 17.3 Å². The van der Waals surface area contributed by atoms with E-state index in [-0.39, 0.29) is 24.0 Å². The highest BCUT2D eigenvalue weighted by atomic mass is 16.3. The highest BCUT2D eigenvalue weighted by Gasteiger charge is 2.21. The maximum Gasteiger partial charge on any atom is 0.325 e. The molecule has 0 saturated carbocycles. The van der Waals surface area contributed by atoms with Crippen LogP contribution in [0.1, 0.15) is 30.6 Å². The summed E-state index contributed by atoms with van der Waals surface area (Å²) < 4.78 is 3.13. The second kappa shape index (κ2) is 10.2. The summed E-state index contributed by atoms with van der Waals surface area (Å²) in [5.74, 6) is 0.122. The van der Waals surface area contributed by atoms with Crippen LogP contribution in [-0.2, 0) is 7.05 Å². The molecule has 4 rings (SSSR count). The lowest BCUT2D eigenvalue weighted by atomic mass is 9.90. The van der Waals surface area contributed by atoms with E-state index in [0.29, 0.717) is 17.9 Å². The van der Waals surface area contributed by atoms with Gasteiger partial charge in [-0.05, 0) is 42.2 Å². The van der Waals surface area contributed by atoms with Crippen LogP contribution in [0.5, 0.6) is 0 Å². The SMILES string of the molecule is CNC(=O)n1ccc2cc(N(CCC(C)(C)CO)c3ccnc(NC(=O)c4cnn(C)c4)c3)ccc21. The number of fused-ring (bicyclic) bond motifs is 1. The highest BCUT2D eigenvalue weighted by molar-refractivity contribution is 6.03. The Morgan fingerprint density at radius 1 is 1.14 bits per heavy atom. The molecule has 0 spiro atoms. The second-order valence-electron chi connectivity index (χ2n) is 9.46. The molecule has 1 aromatic carbocycles. The first-order chi connectivity index (χ1) is 17.2. The third kappa shape index (κ3) is 5.38. The lowest BCUT2D eigenvalue weighted by Crippen LogP contribution is -2.26. The standard InChI is InChI=1S/C26H31N7O3/c1-26(2,17-34)9-12-32(20-5-6-22-18(13-20)8-11-33(22)25(36)27-3)21-7-10-28-23(14-21)30-24(35)19-15-29-31(4)16-19/h5-8,10-11,13-16,34H,9,12,17H2,1-4H3,(H,27,36)(H,28,30,35). The molecule has 36 heavy (non-hydrogen) atoms. The number of pyridine rings is 1. The number of carbonyl (C=O) groups is 2. The van der Waals surface area contributed by atoms with Crippen LogP contribution in [0.2, 0.25) is 0 Å². The Kier molecular flexibility index (Phi) is 7.07. The molecule has 3 N–H and O–H groups in total. The number of aryl methyl sites for hydroxylation is 1. The molecule has 0 fully saturated rings. The predicted molar refractivity (Wildman–Crippen MR) is 140 cm³/mol. The number of benzene rings is 1. The van der Waals surface area contributed by atoms with Gasteiger partial charge in [0, 0.05) is 68.7 Å². The van der Waals surface area contributed by atoms with Gasteiger partial charge in [0.25, 0.3) is 5.91 Å². The van der Waals surface area contributed by atoms with Gasteiger partial charge in [-0.3, -0.25) is 14.0 Å². The number of hydrogen-bond acceptors (Lipinski definition) is 6. The van der Waals surface area contributed by atoms with E-state index in [0.717, 1.165) is 28.7 Å². The van der Waals surface area contributed by atoms with Crippen molar-refractivity contribution in [1.82, 2.24) is 24.6 Å². The Bertz CT molecular complexity index is 1390. The number of rotatable bonds is 8. The van der Waals surface area contributed by atoms with Gasteiger partial charge < -0.3 is 20.6 Å². The molecular formula is C26H31N7O3. The molecular weight excluding hydrogens is 458 g/mol. The average molecular weight is 490 g/mol. The summed E-state index contributed by atoms with van der Waals surface area (Å²) in [4.78, 5) is 31.2. The topological polar surface area (TPSA) is 117 Å². The summed E-state index contributed by atoms with van der Waals surface area (Å²) in [6, 6.07) is 11.3. The molecule has 10 heteroatoms. The van der Waals surface area contributed by atoms with E-state index in [1.807, 2.05) is 50.2 Å². The summed E-state index contributed by atoms with van der Waals surface area (Å²) in [6.07, 6.45) is 7.26. The van der Waals surface area contributed by atoms with E-state index in [1.165, 1.54) is 6.20 Å². The number of carbonyl (C=O) groups excluding carboxylic acids is 2. The van der Waals surface area contributed by atoms with E-state index in [9.17, 15) is 14.7 Å². The van der Waals surface area contributed by atoms with Crippen molar-refractivity contribution >= 4 is 40.0 Å². The quantitative estimate of drug-likeness (QED) is 0.347. The van der Waals surface area contributed by atoms with Crippen LogP contribution in [0.25, 0.3) is 10.9 Å². The van der Waals surface area contributed by atoms with E-state index < -0.39 is 0 Å². The molecule has 0 bridgehead atoms. The highest BCUT2D eigenvalue weighted by Crippen LogP contribution is 2.32. The van der Waals surface area contributed by atoms with Crippen molar-refractivity contribution in [3.63, 3.8) is 0 Å². The zero-order valence-corrected chi connectivity index (χ0v) is 20.9. The number of nitrogens with zero attached hydrogens (tertiary/aromatic N) is 5. The monoisotopic (exact) mass is 489 g/mol. The van der Waals surface area contributed by atoms with Crippen molar-refractivity contribution in [2.75, 3.05) is 30.4 Å². The molecule has 0 aliphatic rings. The maximum atomic E-state index is 12.6. The lowest BCUT2D eigenvalue weighted by molar-refractivity contribution is 0.102. The number of anilines is 3. The minimum atomic E-state index is -0.294. The van der Waals surface area contributed by atoms with Gasteiger partial charge in [-0.25, -0.2) is 9.78 Å². The molecule has 2 amide bonds. The molecule has 0 saturated heterocycles. The van der Waals surface area contributed by atoms with Crippen LogP contribution in [0, 0.1) is 5.41 Å². The number of hydrogen-bond donors (Lipinski definition) is 3. The molecule has 0 aliphatic carbocycles. The summed E-state index contributed by atoms with van der Waals surface area (Å²) in [7, 11) is 3.35. The molecule has 0 unspecified atom stereocenters. The third-order valence-corrected chi connectivity index (χ3v) is 6.12. The van der Waals surface area contributed by atoms with Gasteiger partial charge in [-0.1, -0.05) is 13.8 Å². The van der Waals surface area contributed by atoms with Gasteiger partial charge in [-0.15, -0.1) is 0 Å². The van der Waals surface area contributed by atoms with Crippen molar-refractivity contribution in [3.8, 4) is 0 Å². The smallest absolute Gasteiger partial charge is 0.325 e. The molecule has 0 atom stereocenters. The van der Waals surface area contributed by atoms with Gasteiger partial charge in [0.15, 0.2) is 0 Å². The fourth-order valence-electron chi connectivity index (χ4n) is 3.88. The Morgan fingerprint density at radius 3 is 2.61 bits per heavy atom. The van der Waals surface area contributed by atoms with Crippen LogP contribution in [0.4, 0.5) is 22.0 Å². The van der Waals surface area contributed by atoms with Crippen LogP contribution in [0.3, 0.4) is 0 Å². The summed E-state index contributed by atoms with van der Waals surface area (Å²) in [6.45, 7) is 4.72. The summed E-state index contributed by atoms with van der Waals surface area (Å²) in [5, 5.41) is 20.2. The lowest BCUT2D eigenvalue weighted by Gasteiger charge is -2.30. The molecule has 0 aliphatic heterocycles.